The van der Waals surface area contributed by atoms with Crippen LogP contribution in [-0.4, -0.2) is 68.7 Å². The van der Waals surface area contributed by atoms with Crippen LogP contribution >= 0.6 is 0 Å². The van der Waals surface area contributed by atoms with Crippen molar-refractivity contribution in [2.24, 2.45) is 0 Å². The molecular formula is C18H26N6O2. The van der Waals surface area contributed by atoms with Crippen molar-refractivity contribution in [1.29, 1.82) is 0 Å². The molecule has 0 bridgehead atoms. The Kier molecular flexibility index (Phi) is 5.14. The summed E-state index contributed by atoms with van der Waals surface area (Å²) in [5.74, 6) is 0. The molecule has 2 aliphatic rings. The highest BCUT2D eigenvalue weighted by atomic mass is 16.5. The molecule has 2 aliphatic heterocycles. The molecule has 0 radical (unpaired) electrons. The van der Waals surface area contributed by atoms with Crippen LogP contribution in [-0.2, 0) is 31.0 Å². The molecule has 8 nitrogen and oxygen atoms in total. The van der Waals surface area contributed by atoms with Crippen LogP contribution in [0.15, 0.2) is 23.1 Å². The fraction of sp³-hybridized carbons (Fsp3) is 0.611. The number of hydrogen-bond donors (Lipinski definition) is 0. The van der Waals surface area contributed by atoms with Gasteiger partial charge < -0.3 is 4.74 Å². The van der Waals surface area contributed by atoms with Gasteiger partial charge in [0.25, 0.3) is 5.56 Å². The van der Waals surface area contributed by atoms with Crippen molar-refractivity contribution in [2.75, 3.05) is 39.3 Å². The van der Waals surface area contributed by atoms with Gasteiger partial charge in [0.1, 0.15) is 0 Å². The molecule has 0 saturated carbocycles. The van der Waals surface area contributed by atoms with Gasteiger partial charge in [-0.25, -0.2) is 4.68 Å². The molecule has 1 fully saturated rings. The van der Waals surface area contributed by atoms with E-state index in [1.54, 1.807) is 16.8 Å². The first-order chi connectivity index (χ1) is 12.7. The monoisotopic (exact) mass is 358 g/mol. The summed E-state index contributed by atoms with van der Waals surface area (Å²) in [6.07, 6.45) is 1.99. The van der Waals surface area contributed by atoms with Gasteiger partial charge >= 0.3 is 0 Å². The molecule has 0 amide bonds. The normalized spacial score (nSPS) is 18.8. The Labute approximate surface area is 153 Å². The first-order valence-electron chi connectivity index (χ1n) is 9.30. The lowest BCUT2D eigenvalue weighted by Crippen LogP contribution is -2.47. The van der Waals surface area contributed by atoms with Crippen molar-refractivity contribution >= 4 is 0 Å². The summed E-state index contributed by atoms with van der Waals surface area (Å²) in [6.45, 7) is 10.7. The SMILES string of the molecule is Cc1ccc(=O)n(CCN2CCN(Cc3cnn4c3COCC4)CC2)n1. The summed E-state index contributed by atoms with van der Waals surface area (Å²) in [4.78, 5) is 16.7. The summed E-state index contributed by atoms with van der Waals surface area (Å²) in [5, 5.41) is 8.78. The van der Waals surface area contributed by atoms with Crippen LogP contribution in [0.4, 0.5) is 0 Å². The number of ether oxygens (including phenoxy) is 1. The number of piperazine rings is 1. The molecule has 2 aromatic rings. The van der Waals surface area contributed by atoms with E-state index in [2.05, 4.69) is 24.7 Å². The zero-order valence-electron chi connectivity index (χ0n) is 15.3. The molecular weight excluding hydrogens is 332 g/mol. The molecule has 26 heavy (non-hydrogen) atoms. The number of aryl methyl sites for hydroxylation is 1. The van der Waals surface area contributed by atoms with Crippen molar-refractivity contribution < 1.29 is 4.74 Å². The van der Waals surface area contributed by atoms with E-state index in [1.165, 1.54) is 11.3 Å². The van der Waals surface area contributed by atoms with Crippen molar-refractivity contribution in [1.82, 2.24) is 29.4 Å². The molecule has 0 atom stereocenters. The lowest BCUT2D eigenvalue weighted by atomic mass is 10.2. The highest BCUT2D eigenvalue weighted by molar-refractivity contribution is 5.18. The second-order valence-corrected chi connectivity index (χ2v) is 7.05. The van der Waals surface area contributed by atoms with E-state index in [0.29, 0.717) is 13.2 Å². The molecule has 4 rings (SSSR count). The number of nitrogens with zero attached hydrogens (tertiary/aromatic N) is 6. The Bertz CT molecular complexity index is 806. The van der Waals surface area contributed by atoms with Crippen LogP contribution in [0, 0.1) is 6.92 Å². The van der Waals surface area contributed by atoms with E-state index in [9.17, 15) is 4.79 Å². The second kappa shape index (κ2) is 7.69. The van der Waals surface area contributed by atoms with E-state index >= 15 is 0 Å². The fourth-order valence-electron chi connectivity index (χ4n) is 3.62. The third-order valence-corrected chi connectivity index (χ3v) is 5.21. The maximum absolute atomic E-state index is 11.8. The predicted octanol–water partition coefficient (Wildman–Crippen LogP) is 0.0962. The van der Waals surface area contributed by atoms with E-state index < -0.39 is 0 Å². The Balaban J connectivity index is 1.27. The fourth-order valence-corrected chi connectivity index (χ4v) is 3.62. The van der Waals surface area contributed by atoms with Crippen molar-refractivity contribution in [3.63, 3.8) is 0 Å². The maximum Gasteiger partial charge on any atom is 0.266 e. The van der Waals surface area contributed by atoms with E-state index in [-0.39, 0.29) is 5.56 Å². The van der Waals surface area contributed by atoms with Gasteiger partial charge in [0.15, 0.2) is 0 Å². The Morgan fingerprint density at radius 2 is 1.88 bits per heavy atom. The largest absolute Gasteiger partial charge is 0.373 e. The average molecular weight is 358 g/mol. The molecule has 0 unspecified atom stereocenters. The lowest BCUT2D eigenvalue weighted by Gasteiger charge is -2.34. The van der Waals surface area contributed by atoms with Crippen LogP contribution in [0.1, 0.15) is 17.0 Å². The second-order valence-electron chi connectivity index (χ2n) is 7.05. The van der Waals surface area contributed by atoms with E-state index in [1.807, 2.05) is 13.1 Å². The average Bonchev–Trinajstić information content (AvgIpc) is 3.07. The molecule has 2 aromatic heterocycles. The van der Waals surface area contributed by atoms with Crippen LogP contribution in [0.25, 0.3) is 0 Å². The maximum atomic E-state index is 11.8. The van der Waals surface area contributed by atoms with Crippen molar-refractivity contribution in [3.8, 4) is 0 Å². The quantitative estimate of drug-likeness (QED) is 0.755. The van der Waals surface area contributed by atoms with Gasteiger partial charge in [0, 0.05) is 50.9 Å². The van der Waals surface area contributed by atoms with Gasteiger partial charge in [-0.15, -0.1) is 0 Å². The summed E-state index contributed by atoms with van der Waals surface area (Å²) >= 11 is 0. The third-order valence-electron chi connectivity index (χ3n) is 5.21. The summed E-state index contributed by atoms with van der Waals surface area (Å²) in [6, 6.07) is 3.36. The molecule has 4 heterocycles. The zero-order chi connectivity index (χ0) is 17.9. The third kappa shape index (κ3) is 3.87. The Morgan fingerprint density at radius 3 is 2.73 bits per heavy atom. The summed E-state index contributed by atoms with van der Waals surface area (Å²) < 4.78 is 9.21. The number of fused-ring (bicyclic) bond motifs is 1. The molecule has 140 valence electrons. The van der Waals surface area contributed by atoms with Crippen molar-refractivity contribution in [2.45, 2.75) is 33.2 Å². The van der Waals surface area contributed by atoms with Crippen LogP contribution in [0.5, 0.6) is 0 Å². The minimum Gasteiger partial charge on any atom is -0.373 e. The summed E-state index contributed by atoms with van der Waals surface area (Å²) in [7, 11) is 0. The van der Waals surface area contributed by atoms with Crippen molar-refractivity contribution in [3.05, 3.63) is 45.6 Å². The Hall–Kier alpha value is -2.03. The smallest absolute Gasteiger partial charge is 0.266 e. The number of hydrogen-bond acceptors (Lipinski definition) is 6. The minimum absolute atomic E-state index is 0.0255. The van der Waals surface area contributed by atoms with Gasteiger partial charge in [0.05, 0.1) is 43.9 Å². The highest BCUT2D eigenvalue weighted by Gasteiger charge is 2.21. The molecule has 1 saturated heterocycles. The molecule has 0 aliphatic carbocycles. The first kappa shape index (κ1) is 17.4. The van der Waals surface area contributed by atoms with E-state index in [0.717, 1.165) is 58.1 Å². The predicted molar refractivity (Wildman–Crippen MR) is 96.8 cm³/mol. The molecule has 0 spiro atoms. The van der Waals surface area contributed by atoms with Crippen LogP contribution < -0.4 is 5.56 Å². The topological polar surface area (TPSA) is 68.4 Å². The molecule has 8 heteroatoms. The zero-order valence-corrected chi connectivity index (χ0v) is 15.3. The van der Waals surface area contributed by atoms with Crippen LogP contribution in [0.2, 0.25) is 0 Å². The number of aromatic nitrogens is 4. The molecule has 0 N–H and O–H groups in total. The van der Waals surface area contributed by atoms with Gasteiger partial charge in [-0.2, -0.15) is 10.2 Å². The van der Waals surface area contributed by atoms with E-state index in [4.69, 9.17) is 4.74 Å². The minimum atomic E-state index is -0.0255. The van der Waals surface area contributed by atoms with Gasteiger partial charge in [-0.3, -0.25) is 19.3 Å². The van der Waals surface area contributed by atoms with Gasteiger partial charge in [0.2, 0.25) is 0 Å². The number of rotatable bonds is 5. The highest BCUT2D eigenvalue weighted by Crippen LogP contribution is 2.17. The summed E-state index contributed by atoms with van der Waals surface area (Å²) in [5.41, 5.74) is 3.36. The Morgan fingerprint density at radius 1 is 1.08 bits per heavy atom. The standard InChI is InChI=1S/C18H26N6O2/c1-15-2-3-18(25)24(20-15)9-8-21-4-6-22(7-5-21)13-16-12-19-23-10-11-26-14-17(16)23/h2-3,12H,4-11,13-14H2,1H3. The van der Waals surface area contributed by atoms with Crippen LogP contribution in [0.3, 0.4) is 0 Å². The van der Waals surface area contributed by atoms with Gasteiger partial charge in [-0.05, 0) is 13.0 Å². The lowest BCUT2D eigenvalue weighted by molar-refractivity contribution is 0.0775. The first-order valence-corrected chi connectivity index (χ1v) is 9.30. The molecule has 0 aromatic carbocycles. The van der Waals surface area contributed by atoms with Gasteiger partial charge in [-0.1, -0.05) is 0 Å².